The summed E-state index contributed by atoms with van der Waals surface area (Å²) in [4.78, 5) is 2.69. The molecule has 0 bridgehead atoms. The molecule has 2 rings (SSSR count). The number of nitrogens with two attached hydrogens (primary N) is 1. The van der Waals surface area contributed by atoms with Crippen molar-refractivity contribution in [3.8, 4) is 11.5 Å². The third-order valence-corrected chi connectivity index (χ3v) is 4.73. The minimum Gasteiger partial charge on any atom is -0.493 e. The molecular weight excluding hydrogens is 284 g/mol. The summed E-state index contributed by atoms with van der Waals surface area (Å²) in [6.45, 7) is 2.17. The number of aryl methyl sites for hydroxylation is 1. The van der Waals surface area contributed by atoms with E-state index < -0.39 is 0 Å². The van der Waals surface area contributed by atoms with Gasteiger partial charge in [0.2, 0.25) is 0 Å². The lowest BCUT2D eigenvalue weighted by Gasteiger charge is -2.20. The van der Waals surface area contributed by atoms with Crippen LogP contribution in [0, 0.1) is 0 Å². The number of thiophene rings is 1. The zero-order valence-electron chi connectivity index (χ0n) is 12.7. The molecule has 21 heavy (non-hydrogen) atoms. The highest BCUT2D eigenvalue weighted by atomic mass is 32.1. The standard InChI is InChI=1S/C16H22N2O2S/c1-4-11-8-9-12(21-11)10-14(18-17)13-6-5-7-15(19-2)16(13)20-3/h5-9,14,18H,4,10,17H2,1-3H3. The lowest BCUT2D eigenvalue weighted by molar-refractivity contribution is 0.346. The summed E-state index contributed by atoms with van der Waals surface area (Å²) in [7, 11) is 3.29. The first kappa shape index (κ1) is 15.8. The maximum atomic E-state index is 5.77. The summed E-state index contributed by atoms with van der Waals surface area (Å²) in [5.74, 6) is 7.22. The van der Waals surface area contributed by atoms with Crippen LogP contribution in [0.15, 0.2) is 30.3 Å². The molecular formula is C16H22N2O2S. The largest absolute Gasteiger partial charge is 0.493 e. The van der Waals surface area contributed by atoms with E-state index in [2.05, 4.69) is 24.5 Å². The first-order chi connectivity index (χ1) is 10.2. The fraction of sp³-hybridized carbons (Fsp3) is 0.375. The Labute approximate surface area is 129 Å². The predicted molar refractivity (Wildman–Crippen MR) is 87.0 cm³/mol. The average Bonchev–Trinajstić information content (AvgIpc) is 2.99. The van der Waals surface area contributed by atoms with Gasteiger partial charge < -0.3 is 9.47 Å². The number of hydrazine groups is 1. The molecule has 1 atom stereocenters. The summed E-state index contributed by atoms with van der Waals surface area (Å²) < 4.78 is 10.8. The third kappa shape index (κ3) is 3.56. The highest BCUT2D eigenvalue weighted by molar-refractivity contribution is 7.11. The lowest BCUT2D eigenvalue weighted by atomic mass is 10.0. The first-order valence-electron chi connectivity index (χ1n) is 6.98. The van der Waals surface area contributed by atoms with Crippen LogP contribution < -0.4 is 20.7 Å². The van der Waals surface area contributed by atoms with Gasteiger partial charge in [0, 0.05) is 21.7 Å². The number of para-hydroxylation sites is 1. The molecule has 0 amide bonds. The Balaban J connectivity index is 2.28. The van der Waals surface area contributed by atoms with E-state index in [-0.39, 0.29) is 6.04 Å². The second-order valence-electron chi connectivity index (χ2n) is 4.73. The van der Waals surface area contributed by atoms with Crippen molar-refractivity contribution in [1.29, 1.82) is 0 Å². The van der Waals surface area contributed by atoms with Gasteiger partial charge in [0.05, 0.1) is 20.3 Å². The Morgan fingerprint density at radius 2 is 1.90 bits per heavy atom. The van der Waals surface area contributed by atoms with Crippen LogP contribution in [0.3, 0.4) is 0 Å². The highest BCUT2D eigenvalue weighted by Gasteiger charge is 2.19. The van der Waals surface area contributed by atoms with Gasteiger partial charge in [-0.1, -0.05) is 19.1 Å². The Morgan fingerprint density at radius 1 is 1.14 bits per heavy atom. The van der Waals surface area contributed by atoms with E-state index in [1.54, 1.807) is 14.2 Å². The van der Waals surface area contributed by atoms with Gasteiger partial charge in [-0.2, -0.15) is 0 Å². The Bertz CT molecular complexity index is 583. The van der Waals surface area contributed by atoms with Crippen molar-refractivity contribution in [1.82, 2.24) is 5.43 Å². The second kappa shape index (κ2) is 7.45. The summed E-state index contributed by atoms with van der Waals surface area (Å²) in [5, 5.41) is 0. The SMILES string of the molecule is CCc1ccc(CC(NN)c2cccc(OC)c2OC)s1. The number of hydrogen-bond donors (Lipinski definition) is 2. The van der Waals surface area contributed by atoms with Gasteiger partial charge in [-0.05, 0) is 24.6 Å². The van der Waals surface area contributed by atoms with Crippen LogP contribution in [0.25, 0.3) is 0 Å². The lowest BCUT2D eigenvalue weighted by Crippen LogP contribution is -2.29. The van der Waals surface area contributed by atoms with Crippen LogP contribution in [0.1, 0.15) is 28.3 Å². The molecule has 4 nitrogen and oxygen atoms in total. The number of nitrogens with one attached hydrogen (secondary N) is 1. The predicted octanol–water partition coefficient (Wildman–Crippen LogP) is 3.07. The fourth-order valence-corrected chi connectivity index (χ4v) is 3.37. The summed E-state index contributed by atoms with van der Waals surface area (Å²) in [6.07, 6.45) is 1.89. The quantitative estimate of drug-likeness (QED) is 0.610. The molecule has 0 aliphatic rings. The van der Waals surface area contributed by atoms with Crippen LogP contribution in [0.2, 0.25) is 0 Å². The molecule has 0 spiro atoms. The van der Waals surface area contributed by atoms with E-state index in [0.717, 1.165) is 29.9 Å². The van der Waals surface area contributed by atoms with Gasteiger partial charge in [0.1, 0.15) is 0 Å². The highest BCUT2D eigenvalue weighted by Crippen LogP contribution is 2.36. The van der Waals surface area contributed by atoms with Gasteiger partial charge in [-0.3, -0.25) is 11.3 Å². The third-order valence-electron chi connectivity index (χ3n) is 3.48. The molecule has 0 fully saturated rings. The van der Waals surface area contributed by atoms with E-state index in [4.69, 9.17) is 15.3 Å². The van der Waals surface area contributed by atoms with Crippen molar-refractivity contribution >= 4 is 11.3 Å². The molecule has 0 aliphatic carbocycles. The van der Waals surface area contributed by atoms with Gasteiger partial charge in [0.15, 0.2) is 11.5 Å². The molecule has 1 aromatic carbocycles. The number of methoxy groups -OCH3 is 2. The van der Waals surface area contributed by atoms with Crippen molar-refractivity contribution in [2.24, 2.45) is 5.84 Å². The van der Waals surface area contributed by atoms with Crippen molar-refractivity contribution in [3.05, 3.63) is 45.6 Å². The molecule has 1 heterocycles. The van der Waals surface area contributed by atoms with Crippen LogP contribution >= 0.6 is 11.3 Å². The number of rotatable bonds is 7. The van der Waals surface area contributed by atoms with E-state index >= 15 is 0 Å². The van der Waals surface area contributed by atoms with E-state index in [1.165, 1.54) is 9.75 Å². The Hall–Kier alpha value is -1.56. The number of hydrogen-bond acceptors (Lipinski definition) is 5. The number of ether oxygens (including phenoxy) is 2. The van der Waals surface area contributed by atoms with Gasteiger partial charge >= 0.3 is 0 Å². The van der Waals surface area contributed by atoms with Crippen molar-refractivity contribution < 1.29 is 9.47 Å². The Morgan fingerprint density at radius 3 is 2.48 bits per heavy atom. The second-order valence-corrected chi connectivity index (χ2v) is 5.98. The zero-order chi connectivity index (χ0) is 15.2. The van der Waals surface area contributed by atoms with Gasteiger partial charge in [0.25, 0.3) is 0 Å². The minimum atomic E-state index is -0.0154. The van der Waals surface area contributed by atoms with Crippen molar-refractivity contribution in [2.75, 3.05) is 14.2 Å². The topological polar surface area (TPSA) is 56.5 Å². The monoisotopic (exact) mass is 306 g/mol. The summed E-state index contributed by atoms with van der Waals surface area (Å²) in [6, 6.07) is 10.2. The van der Waals surface area contributed by atoms with Crippen LogP contribution in [-0.2, 0) is 12.8 Å². The minimum absolute atomic E-state index is 0.0154. The van der Waals surface area contributed by atoms with E-state index in [0.29, 0.717) is 0 Å². The van der Waals surface area contributed by atoms with E-state index in [9.17, 15) is 0 Å². The fourth-order valence-electron chi connectivity index (χ4n) is 2.37. The molecule has 0 saturated carbocycles. The Kier molecular flexibility index (Phi) is 5.61. The molecule has 5 heteroatoms. The molecule has 0 radical (unpaired) electrons. The van der Waals surface area contributed by atoms with Crippen molar-refractivity contribution in [2.45, 2.75) is 25.8 Å². The molecule has 1 aromatic heterocycles. The molecule has 114 valence electrons. The molecule has 0 aliphatic heterocycles. The maximum absolute atomic E-state index is 5.77. The normalized spacial score (nSPS) is 12.2. The van der Waals surface area contributed by atoms with Crippen LogP contribution in [0.4, 0.5) is 0 Å². The van der Waals surface area contributed by atoms with Crippen LogP contribution in [0.5, 0.6) is 11.5 Å². The molecule has 3 N–H and O–H groups in total. The van der Waals surface area contributed by atoms with E-state index in [1.807, 2.05) is 29.5 Å². The summed E-state index contributed by atoms with van der Waals surface area (Å²) in [5.41, 5.74) is 3.90. The maximum Gasteiger partial charge on any atom is 0.165 e. The number of benzene rings is 1. The molecule has 2 aromatic rings. The van der Waals surface area contributed by atoms with Gasteiger partial charge in [-0.25, -0.2) is 0 Å². The molecule has 1 unspecified atom stereocenters. The van der Waals surface area contributed by atoms with Crippen LogP contribution in [-0.4, -0.2) is 14.2 Å². The first-order valence-corrected chi connectivity index (χ1v) is 7.79. The smallest absolute Gasteiger partial charge is 0.165 e. The van der Waals surface area contributed by atoms with Gasteiger partial charge in [-0.15, -0.1) is 11.3 Å². The zero-order valence-corrected chi connectivity index (χ0v) is 13.5. The summed E-state index contributed by atoms with van der Waals surface area (Å²) >= 11 is 1.83. The van der Waals surface area contributed by atoms with Crippen molar-refractivity contribution in [3.63, 3.8) is 0 Å². The average molecular weight is 306 g/mol. The molecule has 0 saturated heterocycles.